The number of hydrogen-bond donors (Lipinski definition) is 2. The van der Waals surface area contributed by atoms with E-state index in [0.29, 0.717) is 6.54 Å². The molecule has 2 rings (SSSR count). The van der Waals surface area contributed by atoms with E-state index < -0.39 is 0 Å². The number of H-pyrrole nitrogens is 1. The molecule has 0 aliphatic heterocycles. The Kier molecular flexibility index (Phi) is 3.11. The second-order valence-electron chi connectivity index (χ2n) is 4.10. The Hall–Kier alpha value is -1.54. The number of nitrogens with one attached hydrogen (secondary N) is 1. The minimum atomic E-state index is 0.693. The summed E-state index contributed by atoms with van der Waals surface area (Å²) in [7, 11) is 0. The van der Waals surface area contributed by atoms with Gasteiger partial charge in [-0.3, -0.25) is 0 Å². The molecule has 2 aromatic rings. The summed E-state index contributed by atoms with van der Waals surface area (Å²) in [6, 6.07) is 6.48. The molecule has 2 heteroatoms. The predicted octanol–water partition coefficient (Wildman–Crippen LogP) is 3.23. The van der Waals surface area contributed by atoms with Crippen molar-refractivity contribution in [3.05, 3.63) is 41.6 Å². The summed E-state index contributed by atoms with van der Waals surface area (Å²) in [5.74, 6) is 0. The van der Waals surface area contributed by atoms with Crippen LogP contribution in [0.5, 0.6) is 0 Å². The van der Waals surface area contributed by atoms with Gasteiger partial charge in [0.05, 0.1) is 0 Å². The highest BCUT2D eigenvalue weighted by atomic mass is 14.7. The van der Waals surface area contributed by atoms with Gasteiger partial charge in [0.25, 0.3) is 0 Å². The normalized spacial score (nSPS) is 12.3. The maximum Gasteiger partial charge on any atom is 0.0460 e. The van der Waals surface area contributed by atoms with Gasteiger partial charge in [0, 0.05) is 22.7 Å². The fourth-order valence-corrected chi connectivity index (χ4v) is 2.09. The Labute approximate surface area is 96.2 Å². The fraction of sp³-hybridized carbons (Fsp3) is 0.286. The van der Waals surface area contributed by atoms with Crippen LogP contribution in [-0.2, 0) is 0 Å². The van der Waals surface area contributed by atoms with Crippen LogP contribution < -0.4 is 5.73 Å². The first-order chi connectivity index (χ1) is 7.76. The SMILES string of the molecule is C/C=C(\CCN)c1c[nH]c2ccc(C)cc12. The van der Waals surface area contributed by atoms with E-state index in [-0.39, 0.29) is 0 Å². The van der Waals surface area contributed by atoms with E-state index in [0.717, 1.165) is 6.42 Å². The van der Waals surface area contributed by atoms with E-state index in [1.165, 1.54) is 27.6 Å². The lowest BCUT2D eigenvalue weighted by Gasteiger charge is -2.04. The summed E-state index contributed by atoms with van der Waals surface area (Å²) in [5, 5.41) is 1.29. The highest BCUT2D eigenvalue weighted by molar-refractivity contribution is 5.93. The molecule has 0 saturated heterocycles. The van der Waals surface area contributed by atoms with Gasteiger partial charge in [-0.15, -0.1) is 0 Å². The van der Waals surface area contributed by atoms with Gasteiger partial charge in [-0.2, -0.15) is 0 Å². The Morgan fingerprint density at radius 2 is 2.25 bits per heavy atom. The van der Waals surface area contributed by atoms with E-state index in [9.17, 15) is 0 Å². The van der Waals surface area contributed by atoms with E-state index in [2.05, 4.69) is 49.3 Å². The van der Waals surface area contributed by atoms with Gasteiger partial charge >= 0.3 is 0 Å². The summed E-state index contributed by atoms with van der Waals surface area (Å²) < 4.78 is 0. The topological polar surface area (TPSA) is 41.8 Å². The number of benzene rings is 1. The van der Waals surface area contributed by atoms with E-state index in [1.54, 1.807) is 0 Å². The molecular weight excluding hydrogens is 196 g/mol. The van der Waals surface area contributed by atoms with Crippen LogP contribution in [0, 0.1) is 6.92 Å². The van der Waals surface area contributed by atoms with Crippen molar-refractivity contribution in [2.24, 2.45) is 5.73 Å². The van der Waals surface area contributed by atoms with Crippen molar-refractivity contribution in [2.75, 3.05) is 6.54 Å². The number of hydrogen-bond acceptors (Lipinski definition) is 1. The number of allylic oxidation sites excluding steroid dienone is 1. The second kappa shape index (κ2) is 4.54. The third kappa shape index (κ3) is 1.89. The minimum absolute atomic E-state index is 0.693. The predicted molar refractivity (Wildman–Crippen MR) is 70.4 cm³/mol. The van der Waals surface area contributed by atoms with Gasteiger partial charge < -0.3 is 10.7 Å². The Morgan fingerprint density at radius 3 is 2.94 bits per heavy atom. The lowest BCUT2D eigenvalue weighted by atomic mass is 10.0. The van der Waals surface area contributed by atoms with E-state index in [4.69, 9.17) is 5.73 Å². The smallest absolute Gasteiger partial charge is 0.0460 e. The van der Waals surface area contributed by atoms with Crippen LogP contribution in [0.15, 0.2) is 30.5 Å². The van der Waals surface area contributed by atoms with E-state index >= 15 is 0 Å². The molecule has 84 valence electrons. The Morgan fingerprint density at radius 1 is 1.44 bits per heavy atom. The zero-order valence-electron chi connectivity index (χ0n) is 9.88. The quantitative estimate of drug-likeness (QED) is 0.809. The minimum Gasteiger partial charge on any atom is -0.361 e. The number of aryl methyl sites for hydroxylation is 1. The summed E-state index contributed by atoms with van der Waals surface area (Å²) in [5.41, 5.74) is 10.7. The molecule has 1 aromatic heterocycles. The molecule has 2 nitrogen and oxygen atoms in total. The molecule has 1 aromatic carbocycles. The molecule has 0 amide bonds. The molecule has 0 radical (unpaired) electrons. The zero-order chi connectivity index (χ0) is 11.5. The number of aromatic amines is 1. The Bertz CT molecular complexity index is 521. The average molecular weight is 214 g/mol. The lowest BCUT2D eigenvalue weighted by Crippen LogP contribution is -1.99. The molecule has 0 spiro atoms. The van der Waals surface area contributed by atoms with Crippen LogP contribution in [0.4, 0.5) is 0 Å². The third-order valence-corrected chi connectivity index (χ3v) is 2.95. The van der Waals surface area contributed by atoms with Crippen molar-refractivity contribution in [2.45, 2.75) is 20.3 Å². The molecule has 0 aliphatic carbocycles. The largest absolute Gasteiger partial charge is 0.361 e. The number of rotatable bonds is 3. The summed E-state index contributed by atoms with van der Waals surface area (Å²) in [6.07, 6.45) is 5.16. The molecule has 0 aliphatic rings. The molecular formula is C14H18N2. The van der Waals surface area contributed by atoms with Crippen LogP contribution >= 0.6 is 0 Å². The summed E-state index contributed by atoms with van der Waals surface area (Å²) >= 11 is 0. The standard InChI is InChI=1S/C14H18N2/c1-3-11(6-7-15)13-9-16-14-5-4-10(2)8-12(13)14/h3-5,8-9,16H,6-7,15H2,1-2H3/b11-3+. The molecule has 1 heterocycles. The molecule has 3 N–H and O–H groups in total. The molecule has 16 heavy (non-hydrogen) atoms. The first kappa shape index (κ1) is 11.0. The number of aromatic nitrogens is 1. The highest BCUT2D eigenvalue weighted by Crippen LogP contribution is 2.27. The van der Waals surface area contributed by atoms with Crippen molar-refractivity contribution in [3.63, 3.8) is 0 Å². The third-order valence-electron chi connectivity index (χ3n) is 2.95. The van der Waals surface area contributed by atoms with Crippen molar-refractivity contribution in [1.82, 2.24) is 4.98 Å². The lowest BCUT2D eigenvalue weighted by molar-refractivity contribution is 1.02. The van der Waals surface area contributed by atoms with Crippen molar-refractivity contribution in [3.8, 4) is 0 Å². The van der Waals surface area contributed by atoms with E-state index in [1.807, 2.05) is 0 Å². The second-order valence-corrected chi connectivity index (χ2v) is 4.10. The number of fused-ring (bicyclic) bond motifs is 1. The van der Waals surface area contributed by atoms with Gasteiger partial charge in [-0.05, 0) is 44.5 Å². The van der Waals surface area contributed by atoms with Crippen LogP contribution in [-0.4, -0.2) is 11.5 Å². The maximum atomic E-state index is 5.63. The van der Waals surface area contributed by atoms with Crippen molar-refractivity contribution < 1.29 is 0 Å². The van der Waals surface area contributed by atoms with Crippen molar-refractivity contribution >= 4 is 16.5 Å². The van der Waals surface area contributed by atoms with Crippen LogP contribution in [0.3, 0.4) is 0 Å². The van der Waals surface area contributed by atoms with Gasteiger partial charge in [0.15, 0.2) is 0 Å². The first-order valence-corrected chi connectivity index (χ1v) is 5.69. The van der Waals surface area contributed by atoms with Gasteiger partial charge in [-0.25, -0.2) is 0 Å². The monoisotopic (exact) mass is 214 g/mol. The van der Waals surface area contributed by atoms with Crippen LogP contribution in [0.2, 0.25) is 0 Å². The maximum absolute atomic E-state index is 5.63. The van der Waals surface area contributed by atoms with Crippen LogP contribution in [0.25, 0.3) is 16.5 Å². The highest BCUT2D eigenvalue weighted by Gasteiger charge is 2.07. The molecule has 0 unspecified atom stereocenters. The zero-order valence-corrected chi connectivity index (χ0v) is 9.88. The fourth-order valence-electron chi connectivity index (χ4n) is 2.09. The first-order valence-electron chi connectivity index (χ1n) is 5.69. The molecule has 0 atom stereocenters. The van der Waals surface area contributed by atoms with Gasteiger partial charge in [0.2, 0.25) is 0 Å². The average Bonchev–Trinajstić information content (AvgIpc) is 2.69. The molecule has 0 bridgehead atoms. The number of nitrogens with two attached hydrogens (primary N) is 1. The van der Waals surface area contributed by atoms with Gasteiger partial charge in [-0.1, -0.05) is 17.7 Å². The molecule has 0 fully saturated rings. The van der Waals surface area contributed by atoms with Crippen LogP contribution in [0.1, 0.15) is 24.5 Å². The molecule has 0 saturated carbocycles. The Balaban J connectivity index is 2.56. The van der Waals surface area contributed by atoms with Gasteiger partial charge in [0.1, 0.15) is 0 Å². The summed E-state index contributed by atoms with van der Waals surface area (Å²) in [4.78, 5) is 3.31. The summed E-state index contributed by atoms with van der Waals surface area (Å²) in [6.45, 7) is 4.88. The van der Waals surface area contributed by atoms with Crippen molar-refractivity contribution in [1.29, 1.82) is 0 Å².